The summed E-state index contributed by atoms with van der Waals surface area (Å²) in [7, 11) is 0. The number of carboxylic acid groups (broad SMARTS) is 1. The first-order chi connectivity index (χ1) is 9.97. The maximum atomic E-state index is 10.9. The molecule has 0 saturated carbocycles. The maximum Gasteiger partial charge on any atom is 0.342 e. The SMILES string of the molecule is Cc1cnn(CCNc2ccc(C(=O)O)c([N+](=O)[O-])c2)c1. The molecule has 8 nitrogen and oxygen atoms in total. The Morgan fingerprint density at radius 1 is 1.52 bits per heavy atom. The second-order valence-corrected chi connectivity index (χ2v) is 4.50. The molecule has 21 heavy (non-hydrogen) atoms. The number of carboxylic acids is 1. The second-order valence-electron chi connectivity index (χ2n) is 4.50. The number of rotatable bonds is 6. The zero-order chi connectivity index (χ0) is 15.4. The van der Waals surface area contributed by atoms with Crippen LogP contribution in [0.2, 0.25) is 0 Å². The lowest BCUT2D eigenvalue weighted by Gasteiger charge is -2.07. The fraction of sp³-hybridized carbons (Fsp3) is 0.231. The average Bonchev–Trinajstić information content (AvgIpc) is 2.84. The van der Waals surface area contributed by atoms with Crippen LogP contribution in [0.15, 0.2) is 30.6 Å². The number of anilines is 1. The number of aromatic carboxylic acids is 1. The average molecular weight is 290 g/mol. The molecule has 0 fully saturated rings. The predicted octanol–water partition coefficient (Wildman–Crippen LogP) is 1.91. The molecule has 2 aromatic rings. The first-order valence-corrected chi connectivity index (χ1v) is 6.22. The van der Waals surface area contributed by atoms with Crippen LogP contribution in [0.1, 0.15) is 15.9 Å². The van der Waals surface area contributed by atoms with Crippen LogP contribution < -0.4 is 5.32 Å². The Morgan fingerprint density at radius 2 is 2.29 bits per heavy atom. The topological polar surface area (TPSA) is 110 Å². The number of nitrogens with zero attached hydrogens (tertiary/aromatic N) is 3. The minimum Gasteiger partial charge on any atom is -0.477 e. The summed E-state index contributed by atoms with van der Waals surface area (Å²) in [6, 6.07) is 3.95. The molecular formula is C13H14N4O4. The van der Waals surface area contributed by atoms with Gasteiger partial charge in [0.05, 0.1) is 17.7 Å². The van der Waals surface area contributed by atoms with Gasteiger partial charge in [0.1, 0.15) is 5.56 Å². The van der Waals surface area contributed by atoms with Crippen molar-refractivity contribution in [2.45, 2.75) is 13.5 Å². The van der Waals surface area contributed by atoms with Crippen molar-refractivity contribution in [1.29, 1.82) is 0 Å². The number of nitro benzene ring substituents is 1. The highest BCUT2D eigenvalue weighted by molar-refractivity contribution is 5.93. The van der Waals surface area contributed by atoms with Crippen molar-refractivity contribution in [2.24, 2.45) is 0 Å². The number of aryl methyl sites for hydroxylation is 1. The number of carbonyl (C=O) groups is 1. The molecule has 0 atom stereocenters. The van der Waals surface area contributed by atoms with E-state index >= 15 is 0 Å². The highest BCUT2D eigenvalue weighted by atomic mass is 16.6. The van der Waals surface area contributed by atoms with Gasteiger partial charge >= 0.3 is 5.97 Å². The molecule has 1 heterocycles. The summed E-state index contributed by atoms with van der Waals surface area (Å²) in [5.41, 5.74) is 0.794. The van der Waals surface area contributed by atoms with Crippen LogP contribution in [0.25, 0.3) is 0 Å². The van der Waals surface area contributed by atoms with Crippen LogP contribution in [0.4, 0.5) is 11.4 Å². The molecule has 0 spiro atoms. The van der Waals surface area contributed by atoms with E-state index in [-0.39, 0.29) is 5.56 Å². The molecule has 0 amide bonds. The molecular weight excluding hydrogens is 276 g/mol. The van der Waals surface area contributed by atoms with E-state index in [9.17, 15) is 14.9 Å². The molecule has 8 heteroatoms. The molecule has 110 valence electrons. The summed E-state index contributed by atoms with van der Waals surface area (Å²) in [6.07, 6.45) is 3.63. The zero-order valence-corrected chi connectivity index (χ0v) is 11.3. The second kappa shape index (κ2) is 6.04. The normalized spacial score (nSPS) is 10.3. The Morgan fingerprint density at radius 3 is 2.86 bits per heavy atom. The van der Waals surface area contributed by atoms with E-state index in [1.54, 1.807) is 10.9 Å². The Hall–Kier alpha value is -2.90. The van der Waals surface area contributed by atoms with Gasteiger partial charge in [0.25, 0.3) is 5.69 Å². The van der Waals surface area contributed by atoms with Gasteiger partial charge in [0, 0.05) is 24.5 Å². The maximum absolute atomic E-state index is 10.9. The number of aromatic nitrogens is 2. The fourth-order valence-corrected chi connectivity index (χ4v) is 1.88. The summed E-state index contributed by atoms with van der Waals surface area (Å²) in [5, 5.41) is 26.9. The van der Waals surface area contributed by atoms with Crippen LogP contribution in [0.3, 0.4) is 0 Å². The van der Waals surface area contributed by atoms with Gasteiger partial charge in [-0.25, -0.2) is 4.79 Å². The molecule has 0 saturated heterocycles. The van der Waals surface area contributed by atoms with Crippen LogP contribution in [-0.4, -0.2) is 32.3 Å². The van der Waals surface area contributed by atoms with Crippen molar-refractivity contribution in [3.05, 3.63) is 51.8 Å². The summed E-state index contributed by atoms with van der Waals surface area (Å²) in [6.45, 7) is 3.05. The Labute approximate surface area is 120 Å². The quantitative estimate of drug-likeness (QED) is 0.621. The summed E-state index contributed by atoms with van der Waals surface area (Å²) in [5.74, 6) is -1.32. The molecule has 2 rings (SSSR count). The van der Waals surface area contributed by atoms with Crippen LogP contribution in [0.5, 0.6) is 0 Å². The van der Waals surface area contributed by atoms with Crippen molar-refractivity contribution < 1.29 is 14.8 Å². The minimum atomic E-state index is -1.32. The Kier molecular flexibility index (Phi) is 4.17. The van der Waals surface area contributed by atoms with E-state index < -0.39 is 16.6 Å². The first-order valence-electron chi connectivity index (χ1n) is 6.22. The van der Waals surface area contributed by atoms with Crippen molar-refractivity contribution in [2.75, 3.05) is 11.9 Å². The molecule has 0 unspecified atom stereocenters. The molecule has 2 N–H and O–H groups in total. The third kappa shape index (κ3) is 3.56. The summed E-state index contributed by atoms with van der Waals surface area (Å²) >= 11 is 0. The third-order valence-corrected chi connectivity index (χ3v) is 2.86. The van der Waals surface area contributed by atoms with Gasteiger partial charge in [-0.15, -0.1) is 0 Å². The van der Waals surface area contributed by atoms with Crippen LogP contribution >= 0.6 is 0 Å². The lowest BCUT2D eigenvalue weighted by atomic mass is 10.1. The fourth-order valence-electron chi connectivity index (χ4n) is 1.88. The Balaban J connectivity index is 2.05. The van der Waals surface area contributed by atoms with Crippen molar-refractivity contribution in [1.82, 2.24) is 9.78 Å². The molecule has 0 radical (unpaired) electrons. The third-order valence-electron chi connectivity index (χ3n) is 2.86. The number of hydrogen-bond acceptors (Lipinski definition) is 5. The highest BCUT2D eigenvalue weighted by Gasteiger charge is 2.19. The number of nitro groups is 1. The summed E-state index contributed by atoms with van der Waals surface area (Å²) < 4.78 is 1.75. The van der Waals surface area contributed by atoms with Crippen molar-refractivity contribution in [3.8, 4) is 0 Å². The van der Waals surface area contributed by atoms with Gasteiger partial charge in [0.15, 0.2) is 0 Å². The predicted molar refractivity (Wildman–Crippen MR) is 75.5 cm³/mol. The molecule has 1 aromatic heterocycles. The van der Waals surface area contributed by atoms with Crippen molar-refractivity contribution >= 4 is 17.3 Å². The van der Waals surface area contributed by atoms with E-state index in [0.717, 1.165) is 5.56 Å². The largest absolute Gasteiger partial charge is 0.477 e. The van der Waals surface area contributed by atoms with Gasteiger partial charge in [-0.05, 0) is 24.6 Å². The van der Waals surface area contributed by atoms with Gasteiger partial charge in [-0.2, -0.15) is 5.10 Å². The number of hydrogen-bond donors (Lipinski definition) is 2. The lowest BCUT2D eigenvalue weighted by Crippen LogP contribution is -2.11. The van der Waals surface area contributed by atoms with Gasteiger partial charge in [-0.1, -0.05) is 0 Å². The van der Waals surface area contributed by atoms with E-state index in [1.807, 2.05) is 13.1 Å². The van der Waals surface area contributed by atoms with E-state index in [1.165, 1.54) is 18.2 Å². The first kappa shape index (κ1) is 14.5. The van der Waals surface area contributed by atoms with Crippen molar-refractivity contribution in [3.63, 3.8) is 0 Å². The lowest BCUT2D eigenvalue weighted by molar-refractivity contribution is -0.385. The zero-order valence-electron chi connectivity index (χ0n) is 11.3. The molecule has 0 aliphatic heterocycles. The van der Waals surface area contributed by atoms with Crippen LogP contribution in [0, 0.1) is 17.0 Å². The molecule has 0 bridgehead atoms. The van der Waals surface area contributed by atoms with Gasteiger partial charge in [-0.3, -0.25) is 14.8 Å². The van der Waals surface area contributed by atoms with Gasteiger partial charge < -0.3 is 10.4 Å². The van der Waals surface area contributed by atoms with Gasteiger partial charge in [0.2, 0.25) is 0 Å². The standard InChI is InChI=1S/C13H14N4O4/c1-9-7-15-16(8-9)5-4-14-10-2-3-11(13(18)19)12(6-10)17(20)21/h2-3,6-8,14H,4-5H2,1H3,(H,18,19). The molecule has 1 aromatic carbocycles. The van der Waals surface area contributed by atoms with Crippen LogP contribution in [-0.2, 0) is 6.54 Å². The van der Waals surface area contributed by atoms with E-state index in [4.69, 9.17) is 5.11 Å². The minimum absolute atomic E-state index is 0.326. The number of benzene rings is 1. The van der Waals surface area contributed by atoms with E-state index in [0.29, 0.717) is 18.8 Å². The monoisotopic (exact) mass is 290 g/mol. The molecule has 0 aliphatic rings. The molecule has 0 aliphatic carbocycles. The smallest absolute Gasteiger partial charge is 0.342 e. The number of nitrogens with one attached hydrogen (secondary N) is 1. The highest BCUT2D eigenvalue weighted by Crippen LogP contribution is 2.23. The summed E-state index contributed by atoms with van der Waals surface area (Å²) in [4.78, 5) is 21.1. The Bertz CT molecular complexity index is 681. The van der Waals surface area contributed by atoms with E-state index in [2.05, 4.69) is 10.4 Å².